The fraction of sp³-hybridized carbons (Fsp3) is 0.423. The number of rotatable bonds is 9. The van der Waals surface area contributed by atoms with E-state index in [2.05, 4.69) is 58.5 Å². The maximum Gasteiger partial charge on any atom is 0.322 e. The van der Waals surface area contributed by atoms with Crippen molar-refractivity contribution < 1.29 is 9.59 Å². The number of piperidine rings is 1. The Balaban J connectivity index is 1.63. The molecule has 0 saturated carbocycles. The Labute approximate surface area is 207 Å². The topological polar surface area (TPSA) is 88.5 Å². The molecule has 0 unspecified atom stereocenters. The standard InChI is InChI=1S/C26H35N5O2S/c1-28-24-18-21(7-8-23(24)25(27)31(12-4-16-32)26(33)29-2)20-10-14-30(15-11-20)13-9-19-5-3-6-22(34)17-19/h3,5-8,16-18,20,27-28,34H,4,9-15H2,1-2H3,(H,29,33). The molecule has 0 aliphatic carbocycles. The van der Waals surface area contributed by atoms with E-state index in [1.165, 1.54) is 23.1 Å². The number of amides is 2. The van der Waals surface area contributed by atoms with Gasteiger partial charge >= 0.3 is 6.03 Å². The largest absolute Gasteiger partial charge is 0.388 e. The summed E-state index contributed by atoms with van der Waals surface area (Å²) >= 11 is 4.43. The van der Waals surface area contributed by atoms with Gasteiger partial charge in [0, 0.05) is 49.8 Å². The van der Waals surface area contributed by atoms with Gasteiger partial charge in [0.2, 0.25) is 0 Å². The molecule has 0 atom stereocenters. The van der Waals surface area contributed by atoms with Crippen LogP contribution in [0.1, 0.15) is 41.9 Å². The molecule has 2 amide bonds. The number of carbonyl (C=O) groups is 2. The predicted octanol–water partition coefficient (Wildman–Crippen LogP) is 3.99. The first-order valence-corrected chi connectivity index (χ1v) is 12.2. The molecule has 3 N–H and O–H groups in total. The highest BCUT2D eigenvalue weighted by atomic mass is 32.1. The van der Waals surface area contributed by atoms with E-state index in [0.29, 0.717) is 11.5 Å². The average molecular weight is 482 g/mol. The van der Waals surface area contributed by atoms with Crippen molar-refractivity contribution in [3.05, 3.63) is 59.2 Å². The van der Waals surface area contributed by atoms with Crippen LogP contribution in [0.5, 0.6) is 0 Å². The van der Waals surface area contributed by atoms with E-state index in [1.807, 2.05) is 19.2 Å². The van der Waals surface area contributed by atoms with Crippen molar-refractivity contribution in [2.75, 3.05) is 45.6 Å². The molecule has 0 spiro atoms. The highest BCUT2D eigenvalue weighted by Gasteiger charge is 2.24. The molecule has 8 heteroatoms. The number of amidine groups is 1. The van der Waals surface area contributed by atoms with Crippen LogP contribution in [0, 0.1) is 5.41 Å². The zero-order valence-electron chi connectivity index (χ0n) is 20.0. The summed E-state index contributed by atoms with van der Waals surface area (Å²) in [5.41, 5.74) is 4.04. The molecule has 2 aromatic rings. The molecule has 34 heavy (non-hydrogen) atoms. The van der Waals surface area contributed by atoms with Crippen molar-refractivity contribution in [2.45, 2.75) is 36.5 Å². The molecule has 1 heterocycles. The van der Waals surface area contributed by atoms with Gasteiger partial charge in [-0.05, 0) is 73.7 Å². The molecular weight excluding hydrogens is 446 g/mol. The van der Waals surface area contributed by atoms with Gasteiger partial charge in [-0.15, -0.1) is 12.6 Å². The first-order chi connectivity index (χ1) is 16.5. The molecule has 1 fully saturated rings. The second kappa shape index (κ2) is 12.6. The van der Waals surface area contributed by atoms with Crippen LogP contribution in [0.2, 0.25) is 0 Å². The second-order valence-corrected chi connectivity index (χ2v) is 9.12. The zero-order valence-corrected chi connectivity index (χ0v) is 20.9. The summed E-state index contributed by atoms with van der Waals surface area (Å²) in [6.07, 6.45) is 4.16. The number of likely N-dealkylation sites (tertiary alicyclic amines) is 1. The van der Waals surface area contributed by atoms with E-state index < -0.39 is 6.03 Å². The smallest absolute Gasteiger partial charge is 0.322 e. The average Bonchev–Trinajstić information content (AvgIpc) is 2.87. The number of benzene rings is 2. The van der Waals surface area contributed by atoms with E-state index in [-0.39, 0.29) is 18.8 Å². The lowest BCUT2D eigenvalue weighted by atomic mass is 9.88. The van der Waals surface area contributed by atoms with Crippen LogP contribution >= 0.6 is 12.6 Å². The van der Waals surface area contributed by atoms with Crippen LogP contribution in [0.3, 0.4) is 0 Å². The Bertz CT molecular complexity index is 1000. The Morgan fingerprint density at radius 2 is 1.97 bits per heavy atom. The van der Waals surface area contributed by atoms with Crippen LogP contribution in [0.15, 0.2) is 47.4 Å². The van der Waals surface area contributed by atoms with Crippen LogP contribution in [-0.4, -0.2) is 68.2 Å². The Kier molecular flexibility index (Phi) is 9.53. The number of aldehydes is 1. The van der Waals surface area contributed by atoms with E-state index in [1.54, 1.807) is 0 Å². The molecule has 0 aromatic heterocycles. The third-order valence-corrected chi connectivity index (χ3v) is 6.73. The van der Waals surface area contributed by atoms with Gasteiger partial charge in [-0.25, -0.2) is 4.79 Å². The molecule has 1 aliphatic heterocycles. The van der Waals surface area contributed by atoms with E-state index in [4.69, 9.17) is 5.41 Å². The lowest BCUT2D eigenvalue weighted by Crippen LogP contribution is -2.43. The van der Waals surface area contributed by atoms with Crippen molar-refractivity contribution in [3.63, 3.8) is 0 Å². The van der Waals surface area contributed by atoms with Crippen molar-refractivity contribution in [2.24, 2.45) is 0 Å². The Hall–Kier alpha value is -2.84. The molecule has 1 aliphatic rings. The highest BCUT2D eigenvalue weighted by molar-refractivity contribution is 7.80. The van der Waals surface area contributed by atoms with Gasteiger partial charge < -0.3 is 20.3 Å². The second-order valence-electron chi connectivity index (χ2n) is 8.60. The SMILES string of the molecule is CNC(=O)N(CCC=O)C(=N)c1ccc(C2CCN(CCc3cccc(S)c3)CC2)cc1NC. The summed E-state index contributed by atoms with van der Waals surface area (Å²) in [4.78, 5) is 27.9. The van der Waals surface area contributed by atoms with Gasteiger partial charge in [-0.2, -0.15) is 0 Å². The lowest BCUT2D eigenvalue weighted by Gasteiger charge is -2.32. The van der Waals surface area contributed by atoms with Crippen molar-refractivity contribution in [1.82, 2.24) is 15.1 Å². The minimum Gasteiger partial charge on any atom is -0.388 e. The first kappa shape index (κ1) is 25.8. The van der Waals surface area contributed by atoms with E-state index >= 15 is 0 Å². The minimum atomic E-state index is -0.397. The number of anilines is 1. The van der Waals surface area contributed by atoms with Crippen molar-refractivity contribution in [1.29, 1.82) is 5.41 Å². The van der Waals surface area contributed by atoms with Crippen LogP contribution in [0.25, 0.3) is 0 Å². The summed E-state index contributed by atoms with van der Waals surface area (Å²) in [7, 11) is 3.35. The maximum atomic E-state index is 12.3. The number of urea groups is 1. The fourth-order valence-electron chi connectivity index (χ4n) is 4.50. The summed E-state index contributed by atoms with van der Waals surface area (Å²) in [5.74, 6) is 0.551. The molecule has 7 nitrogen and oxygen atoms in total. The zero-order chi connectivity index (χ0) is 24.5. The summed E-state index contributed by atoms with van der Waals surface area (Å²) in [6, 6.07) is 14.1. The van der Waals surface area contributed by atoms with E-state index in [0.717, 1.165) is 55.8 Å². The normalized spacial score (nSPS) is 14.4. The van der Waals surface area contributed by atoms with Gasteiger partial charge in [-0.3, -0.25) is 10.3 Å². The highest BCUT2D eigenvalue weighted by Crippen LogP contribution is 2.31. The van der Waals surface area contributed by atoms with Gasteiger partial charge in [0.25, 0.3) is 0 Å². The number of hydrogen-bond acceptors (Lipinski definition) is 6. The van der Waals surface area contributed by atoms with Gasteiger partial charge in [0.15, 0.2) is 0 Å². The molecule has 3 rings (SSSR count). The van der Waals surface area contributed by atoms with Crippen LogP contribution in [0.4, 0.5) is 10.5 Å². The molecule has 182 valence electrons. The molecule has 2 aromatic carbocycles. The van der Waals surface area contributed by atoms with Crippen molar-refractivity contribution >= 4 is 36.5 Å². The third-order valence-electron chi connectivity index (χ3n) is 6.45. The van der Waals surface area contributed by atoms with Crippen LogP contribution < -0.4 is 10.6 Å². The van der Waals surface area contributed by atoms with E-state index in [9.17, 15) is 9.59 Å². The third kappa shape index (κ3) is 6.61. The predicted molar refractivity (Wildman–Crippen MR) is 140 cm³/mol. The number of carbonyl (C=O) groups excluding carboxylic acids is 2. The summed E-state index contributed by atoms with van der Waals surface area (Å²) in [5, 5.41) is 14.4. The number of thiol groups is 1. The molecule has 1 saturated heterocycles. The summed E-state index contributed by atoms with van der Waals surface area (Å²) in [6.45, 7) is 3.35. The Morgan fingerprint density at radius 3 is 2.62 bits per heavy atom. The molecular formula is C26H35N5O2S. The number of hydrogen-bond donors (Lipinski definition) is 4. The monoisotopic (exact) mass is 481 g/mol. The lowest BCUT2D eigenvalue weighted by molar-refractivity contribution is -0.107. The number of nitrogens with one attached hydrogen (secondary N) is 3. The molecule has 0 bridgehead atoms. The first-order valence-electron chi connectivity index (χ1n) is 11.8. The van der Waals surface area contributed by atoms with Gasteiger partial charge in [0.1, 0.15) is 12.1 Å². The van der Waals surface area contributed by atoms with Crippen LogP contribution in [-0.2, 0) is 11.2 Å². The molecule has 0 radical (unpaired) electrons. The Morgan fingerprint density at radius 1 is 1.21 bits per heavy atom. The number of nitrogens with zero attached hydrogens (tertiary/aromatic N) is 2. The quantitative estimate of drug-likeness (QED) is 0.189. The van der Waals surface area contributed by atoms with Gasteiger partial charge in [0.05, 0.1) is 0 Å². The van der Waals surface area contributed by atoms with Crippen molar-refractivity contribution in [3.8, 4) is 0 Å². The maximum absolute atomic E-state index is 12.3. The van der Waals surface area contributed by atoms with Gasteiger partial charge in [-0.1, -0.05) is 18.2 Å². The summed E-state index contributed by atoms with van der Waals surface area (Å²) < 4.78 is 0. The fourth-order valence-corrected chi connectivity index (χ4v) is 4.75. The minimum absolute atomic E-state index is 0.0807.